The molecule has 0 aromatic heterocycles. The van der Waals surface area contributed by atoms with Gasteiger partial charge in [-0.1, -0.05) is 42.3 Å². The Kier molecular flexibility index (Phi) is 5.38. The Balaban J connectivity index is 2.32. The maximum atomic E-state index is 6.15. The van der Waals surface area contributed by atoms with Crippen molar-refractivity contribution in [2.75, 3.05) is 12.4 Å². The molecule has 0 saturated heterocycles. The van der Waals surface area contributed by atoms with Crippen LogP contribution in [0.3, 0.4) is 0 Å². The van der Waals surface area contributed by atoms with E-state index in [9.17, 15) is 0 Å². The lowest BCUT2D eigenvalue weighted by Gasteiger charge is -2.21. The van der Waals surface area contributed by atoms with E-state index in [0.717, 1.165) is 34.0 Å². The third-order valence-corrected chi connectivity index (χ3v) is 4.11. The molecule has 2 aromatic rings. The van der Waals surface area contributed by atoms with Gasteiger partial charge in [-0.3, -0.25) is 0 Å². The number of hydrogen-bond donors (Lipinski definition) is 1. The number of ether oxygens (including phenoxy) is 1. The summed E-state index contributed by atoms with van der Waals surface area (Å²) in [5.74, 6) is 0.742. The Hall–Kier alpha value is -1.38. The zero-order chi connectivity index (χ0) is 15.4. The van der Waals surface area contributed by atoms with Crippen molar-refractivity contribution in [2.45, 2.75) is 26.3 Å². The van der Waals surface area contributed by atoms with Gasteiger partial charge in [-0.2, -0.15) is 0 Å². The standard InChI is InChI=1S/C17H19Cl2NO/c1-4-15(12-6-5-7-13(18)9-12)20-16-8-11(2)14(19)10-17(16)21-3/h5-10,15,20H,4H2,1-3H3. The number of rotatable bonds is 5. The third-order valence-electron chi connectivity index (χ3n) is 3.47. The van der Waals surface area contributed by atoms with Crippen LogP contribution in [0.5, 0.6) is 5.75 Å². The fourth-order valence-corrected chi connectivity index (χ4v) is 2.63. The van der Waals surface area contributed by atoms with Gasteiger partial charge in [0.1, 0.15) is 5.75 Å². The fraction of sp³-hybridized carbons (Fsp3) is 0.294. The lowest BCUT2D eigenvalue weighted by atomic mass is 10.0. The molecule has 112 valence electrons. The maximum Gasteiger partial charge on any atom is 0.143 e. The highest BCUT2D eigenvalue weighted by atomic mass is 35.5. The van der Waals surface area contributed by atoms with Crippen LogP contribution in [-0.4, -0.2) is 7.11 Å². The molecule has 0 radical (unpaired) electrons. The van der Waals surface area contributed by atoms with E-state index in [1.54, 1.807) is 7.11 Å². The minimum absolute atomic E-state index is 0.165. The van der Waals surface area contributed by atoms with Crippen LogP contribution >= 0.6 is 23.2 Å². The molecule has 0 bridgehead atoms. The van der Waals surface area contributed by atoms with Crippen molar-refractivity contribution in [3.05, 3.63) is 57.6 Å². The molecule has 0 aliphatic heterocycles. The minimum atomic E-state index is 0.165. The summed E-state index contributed by atoms with van der Waals surface area (Å²) in [6.45, 7) is 4.11. The van der Waals surface area contributed by atoms with Crippen LogP contribution in [0, 0.1) is 6.92 Å². The van der Waals surface area contributed by atoms with E-state index in [1.165, 1.54) is 0 Å². The number of anilines is 1. The zero-order valence-electron chi connectivity index (χ0n) is 12.4. The van der Waals surface area contributed by atoms with Gasteiger partial charge in [-0.05, 0) is 42.7 Å². The van der Waals surface area contributed by atoms with E-state index in [4.69, 9.17) is 27.9 Å². The van der Waals surface area contributed by atoms with Crippen molar-refractivity contribution in [3.63, 3.8) is 0 Å². The van der Waals surface area contributed by atoms with Crippen molar-refractivity contribution in [2.24, 2.45) is 0 Å². The quantitative estimate of drug-likeness (QED) is 0.742. The van der Waals surface area contributed by atoms with Crippen molar-refractivity contribution >= 4 is 28.9 Å². The first-order valence-electron chi connectivity index (χ1n) is 6.91. The first-order valence-corrected chi connectivity index (χ1v) is 7.67. The molecular formula is C17H19Cl2NO. The van der Waals surface area contributed by atoms with Crippen LogP contribution in [0.4, 0.5) is 5.69 Å². The highest BCUT2D eigenvalue weighted by molar-refractivity contribution is 6.31. The van der Waals surface area contributed by atoms with Gasteiger partial charge < -0.3 is 10.1 Å². The summed E-state index contributed by atoms with van der Waals surface area (Å²) < 4.78 is 5.41. The summed E-state index contributed by atoms with van der Waals surface area (Å²) in [5, 5.41) is 4.96. The number of hydrogen-bond acceptors (Lipinski definition) is 2. The Morgan fingerprint density at radius 1 is 1.19 bits per heavy atom. The number of benzene rings is 2. The summed E-state index contributed by atoms with van der Waals surface area (Å²) in [4.78, 5) is 0. The van der Waals surface area contributed by atoms with E-state index in [-0.39, 0.29) is 6.04 Å². The predicted molar refractivity (Wildman–Crippen MR) is 90.8 cm³/mol. The molecule has 2 rings (SSSR count). The molecule has 1 unspecified atom stereocenters. The Morgan fingerprint density at radius 2 is 1.95 bits per heavy atom. The van der Waals surface area contributed by atoms with Crippen LogP contribution in [0.25, 0.3) is 0 Å². The topological polar surface area (TPSA) is 21.3 Å². The van der Waals surface area contributed by atoms with Gasteiger partial charge in [0, 0.05) is 16.1 Å². The van der Waals surface area contributed by atoms with Crippen LogP contribution in [0.15, 0.2) is 36.4 Å². The maximum absolute atomic E-state index is 6.15. The van der Waals surface area contributed by atoms with Gasteiger partial charge in [0.05, 0.1) is 18.8 Å². The summed E-state index contributed by atoms with van der Waals surface area (Å²) in [5.41, 5.74) is 3.10. The van der Waals surface area contributed by atoms with Gasteiger partial charge in [0.25, 0.3) is 0 Å². The number of methoxy groups -OCH3 is 1. The lowest BCUT2D eigenvalue weighted by Crippen LogP contribution is -2.10. The van der Waals surface area contributed by atoms with E-state index < -0.39 is 0 Å². The fourth-order valence-electron chi connectivity index (χ4n) is 2.28. The Labute approximate surface area is 136 Å². The van der Waals surface area contributed by atoms with Gasteiger partial charge in [0.15, 0.2) is 0 Å². The Morgan fingerprint density at radius 3 is 2.57 bits per heavy atom. The van der Waals surface area contributed by atoms with E-state index in [1.807, 2.05) is 37.3 Å². The molecule has 4 heteroatoms. The first kappa shape index (κ1) is 16.0. The second kappa shape index (κ2) is 7.06. The molecular weight excluding hydrogens is 305 g/mol. The van der Waals surface area contributed by atoms with Crippen LogP contribution in [0.1, 0.15) is 30.5 Å². The van der Waals surface area contributed by atoms with Crippen molar-refractivity contribution in [3.8, 4) is 5.75 Å². The minimum Gasteiger partial charge on any atom is -0.495 e. The third kappa shape index (κ3) is 3.84. The van der Waals surface area contributed by atoms with Crippen LogP contribution in [-0.2, 0) is 0 Å². The van der Waals surface area contributed by atoms with E-state index in [0.29, 0.717) is 5.02 Å². The van der Waals surface area contributed by atoms with Gasteiger partial charge in [-0.15, -0.1) is 0 Å². The van der Waals surface area contributed by atoms with Crippen molar-refractivity contribution in [1.82, 2.24) is 0 Å². The Bertz CT molecular complexity index is 628. The molecule has 2 nitrogen and oxygen atoms in total. The molecule has 0 spiro atoms. The van der Waals surface area contributed by atoms with Gasteiger partial charge in [0.2, 0.25) is 0 Å². The first-order chi connectivity index (χ1) is 10.0. The second-order valence-electron chi connectivity index (χ2n) is 4.96. The van der Waals surface area contributed by atoms with Gasteiger partial charge in [-0.25, -0.2) is 0 Å². The summed E-state index contributed by atoms with van der Waals surface area (Å²) in [6.07, 6.45) is 0.936. The molecule has 0 aliphatic rings. The summed E-state index contributed by atoms with van der Waals surface area (Å²) in [6, 6.07) is 11.9. The smallest absolute Gasteiger partial charge is 0.143 e. The monoisotopic (exact) mass is 323 g/mol. The van der Waals surface area contributed by atoms with Crippen LogP contribution < -0.4 is 10.1 Å². The normalized spacial score (nSPS) is 12.0. The molecule has 0 saturated carbocycles. The zero-order valence-corrected chi connectivity index (χ0v) is 13.9. The van der Waals surface area contributed by atoms with Crippen molar-refractivity contribution < 1.29 is 4.74 Å². The second-order valence-corrected chi connectivity index (χ2v) is 5.81. The molecule has 0 amide bonds. The average Bonchev–Trinajstić information content (AvgIpc) is 2.47. The molecule has 0 aliphatic carbocycles. The highest BCUT2D eigenvalue weighted by Gasteiger charge is 2.13. The molecule has 1 N–H and O–H groups in total. The lowest BCUT2D eigenvalue weighted by molar-refractivity contribution is 0.416. The molecule has 0 heterocycles. The summed E-state index contributed by atoms with van der Waals surface area (Å²) in [7, 11) is 1.65. The van der Waals surface area contributed by atoms with Gasteiger partial charge >= 0.3 is 0 Å². The number of aryl methyl sites for hydroxylation is 1. The predicted octanol–water partition coefficient (Wildman–Crippen LogP) is 5.87. The van der Waals surface area contributed by atoms with Crippen LogP contribution in [0.2, 0.25) is 10.0 Å². The van der Waals surface area contributed by atoms with E-state index in [2.05, 4.69) is 18.3 Å². The largest absolute Gasteiger partial charge is 0.495 e. The number of halogens is 2. The molecule has 2 aromatic carbocycles. The highest BCUT2D eigenvalue weighted by Crippen LogP contribution is 2.34. The molecule has 1 atom stereocenters. The molecule has 0 fully saturated rings. The molecule has 21 heavy (non-hydrogen) atoms. The average molecular weight is 324 g/mol. The SMILES string of the molecule is CCC(Nc1cc(C)c(Cl)cc1OC)c1cccc(Cl)c1. The number of nitrogens with one attached hydrogen (secondary N) is 1. The summed E-state index contributed by atoms with van der Waals surface area (Å²) >= 11 is 12.2. The van der Waals surface area contributed by atoms with Crippen molar-refractivity contribution in [1.29, 1.82) is 0 Å². The van der Waals surface area contributed by atoms with E-state index >= 15 is 0 Å².